The van der Waals surface area contributed by atoms with Crippen molar-refractivity contribution in [1.82, 2.24) is 30.3 Å². The van der Waals surface area contributed by atoms with Crippen molar-refractivity contribution in [3.05, 3.63) is 11.6 Å². The van der Waals surface area contributed by atoms with Crippen molar-refractivity contribution in [1.29, 1.82) is 0 Å². The van der Waals surface area contributed by atoms with Crippen molar-refractivity contribution >= 4 is 29.9 Å². The largest absolute Gasteiger partial charge is 0.354 e. The van der Waals surface area contributed by atoms with Crippen molar-refractivity contribution in [2.24, 2.45) is 12.0 Å². The van der Waals surface area contributed by atoms with Crippen LogP contribution in [0.3, 0.4) is 0 Å². The van der Waals surface area contributed by atoms with Crippen LogP contribution >= 0.6 is 24.0 Å². The molecule has 2 heterocycles. The first-order valence-corrected chi connectivity index (χ1v) is 10.7. The van der Waals surface area contributed by atoms with Crippen molar-refractivity contribution in [3.8, 4) is 0 Å². The normalized spacial score (nSPS) is 20.2. The summed E-state index contributed by atoms with van der Waals surface area (Å²) in [6.07, 6.45) is 8.84. The second-order valence-corrected chi connectivity index (χ2v) is 8.41. The molecule has 0 amide bonds. The molecule has 160 valence electrons. The second-order valence-electron chi connectivity index (χ2n) is 8.41. The Morgan fingerprint density at radius 3 is 2.18 bits per heavy atom. The van der Waals surface area contributed by atoms with Crippen LogP contribution in [0.1, 0.15) is 70.4 Å². The molecule has 1 saturated heterocycles. The number of nitrogens with zero attached hydrogens (tertiary/aromatic N) is 5. The minimum Gasteiger partial charge on any atom is -0.354 e. The van der Waals surface area contributed by atoms with Gasteiger partial charge in [0.25, 0.3) is 0 Å². The van der Waals surface area contributed by atoms with Gasteiger partial charge in [-0.3, -0.25) is 0 Å². The van der Waals surface area contributed by atoms with E-state index in [0.29, 0.717) is 24.7 Å². The third kappa shape index (κ3) is 6.57. The molecule has 2 aliphatic rings. The van der Waals surface area contributed by atoms with Crippen LogP contribution in [-0.2, 0) is 13.6 Å². The predicted molar refractivity (Wildman–Crippen MR) is 125 cm³/mol. The summed E-state index contributed by atoms with van der Waals surface area (Å²) in [6.45, 7) is 9.43. The van der Waals surface area contributed by atoms with E-state index in [-0.39, 0.29) is 24.0 Å². The summed E-state index contributed by atoms with van der Waals surface area (Å²) >= 11 is 0. The van der Waals surface area contributed by atoms with Crippen LogP contribution in [0.25, 0.3) is 0 Å². The fourth-order valence-electron chi connectivity index (χ4n) is 4.07. The zero-order chi connectivity index (χ0) is 19.2. The summed E-state index contributed by atoms with van der Waals surface area (Å²) < 4.78 is 2.02. The lowest BCUT2D eigenvalue weighted by Gasteiger charge is -2.36. The van der Waals surface area contributed by atoms with Crippen LogP contribution in [0.5, 0.6) is 0 Å². The number of aliphatic imine (C=N–C) groups is 1. The summed E-state index contributed by atoms with van der Waals surface area (Å²) in [6, 6.07) is 1.68. The third-order valence-corrected chi connectivity index (χ3v) is 6.11. The maximum Gasteiger partial charge on any atom is 0.192 e. The van der Waals surface area contributed by atoms with Gasteiger partial charge in [-0.05, 0) is 46.5 Å². The SMILES string of the molecule is Cc1nnc(CN=C(NC2CCCCC2)NC2CCN(C(C)C)CC2)n1C.I. The topological polar surface area (TPSA) is 70.4 Å². The van der Waals surface area contributed by atoms with E-state index in [1.54, 1.807) is 0 Å². The van der Waals surface area contributed by atoms with Crippen LogP contribution in [-0.4, -0.2) is 56.8 Å². The number of hydrogen-bond donors (Lipinski definition) is 2. The van der Waals surface area contributed by atoms with E-state index in [2.05, 4.69) is 39.6 Å². The summed E-state index contributed by atoms with van der Waals surface area (Å²) in [5, 5.41) is 15.8. The number of rotatable bonds is 5. The molecule has 1 aliphatic heterocycles. The molecule has 3 rings (SSSR count). The average Bonchev–Trinajstić information content (AvgIpc) is 2.99. The molecule has 1 aliphatic carbocycles. The molecule has 0 unspecified atom stereocenters. The molecule has 0 spiro atoms. The smallest absolute Gasteiger partial charge is 0.192 e. The number of halogens is 1. The predicted octanol–water partition coefficient (Wildman–Crippen LogP) is 2.98. The fourth-order valence-corrected chi connectivity index (χ4v) is 4.07. The minimum absolute atomic E-state index is 0. The molecule has 0 radical (unpaired) electrons. The molecule has 2 N–H and O–H groups in total. The highest BCUT2D eigenvalue weighted by Crippen LogP contribution is 2.18. The second kappa shape index (κ2) is 11.3. The lowest BCUT2D eigenvalue weighted by atomic mass is 9.95. The van der Waals surface area contributed by atoms with Crippen molar-refractivity contribution in [2.45, 2.75) is 90.4 Å². The maximum atomic E-state index is 4.87. The zero-order valence-corrected chi connectivity index (χ0v) is 20.3. The Morgan fingerprint density at radius 2 is 1.64 bits per heavy atom. The van der Waals surface area contributed by atoms with E-state index in [1.165, 1.54) is 44.9 Å². The van der Waals surface area contributed by atoms with E-state index < -0.39 is 0 Å². The van der Waals surface area contributed by atoms with Gasteiger partial charge >= 0.3 is 0 Å². The van der Waals surface area contributed by atoms with Gasteiger partial charge in [0.1, 0.15) is 12.4 Å². The van der Waals surface area contributed by atoms with Gasteiger partial charge in [-0.15, -0.1) is 34.2 Å². The molecule has 1 aromatic rings. The molecule has 1 saturated carbocycles. The Bertz CT molecular complexity index is 614. The summed E-state index contributed by atoms with van der Waals surface area (Å²) in [5.74, 6) is 2.79. The highest BCUT2D eigenvalue weighted by atomic mass is 127. The third-order valence-electron chi connectivity index (χ3n) is 6.11. The zero-order valence-electron chi connectivity index (χ0n) is 17.9. The lowest BCUT2D eigenvalue weighted by molar-refractivity contribution is 0.167. The van der Waals surface area contributed by atoms with Crippen LogP contribution in [0.4, 0.5) is 0 Å². The van der Waals surface area contributed by atoms with Gasteiger partial charge in [0.05, 0.1) is 0 Å². The van der Waals surface area contributed by atoms with Gasteiger partial charge in [-0.1, -0.05) is 19.3 Å². The van der Waals surface area contributed by atoms with E-state index in [4.69, 9.17) is 4.99 Å². The maximum absolute atomic E-state index is 4.87. The van der Waals surface area contributed by atoms with Crippen molar-refractivity contribution in [2.75, 3.05) is 13.1 Å². The molecule has 2 fully saturated rings. The highest BCUT2D eigenvalue weighted by Gasteiger charge is 2.23. The first-order valence-electron chi connectivity index (χ1n) is 10.7. The Labute approximate surface area is 187 Å². The van der Waals surface area contributed by atoms with Gasteiger partial charge in [0.2, 0.25) is 0 Å². The molecule has 7 nitrogen and oxygen atoms in total. The minimum atomic E-state index is 0. The van der Waals surface area contributed by atoms with Crippen LogP contribution in [0.15, 0.2) is 4.99 Å². The van der Waals surface area contributed by atoms with E-state index in [9.17, 15) is 0 Å². The van der Waals surface area contributed by atoms with Gasteiger partial charge in [-0.2, -0.15) is 0 Å². The summed E-state index contributed by atoms with van der Waals surface area (Å²) in [5.41, 5.74) is 0. The number of nitrogens with one attached hydrogen (secondary N) is 2. The Balaban J connectivity index is 0.00000280. The van der Waals surface area contributed by atoms with E-state index >= 15 is 0 Å². The molecule has 1 aromatic heterocycles. The summed E-state index contributed by atoms with van der Waals surface area (Å²) in [7, 11) is 2.00. The summed E-state index contributed by atoms with van der Waals surface area (Å²) in [4.78, 5) is 7.43. The monoisotopic (exact) mass is 503 g/mol. The first kappa shape index (κ1) is 23.4. The Kier molecular flexibility index (Phi) is 9.46. The van der Waals surface area contributed by atoms with Gasteiger partial charge in [0, 0.05) is 38.3 Å². The number of guanidine groups is 1. The quantitative estimate of drug-likeness (QED) is 0.368. The number of hydrogen-bond acceptors (Lipinski definition) is 4. The first-order chi connectivity index (χ1) is 13.0. The van der Waals surface area contributed by atoms with Crippen molar-refractivity contribution in [3.63, 3.8) is 0 Å². The Morgan fingerprint density at radius 1 is 1.04 bits per heavy atom. The molecule has 28 heavy (non-hydrogen) atoms. The van der Waals surface area contributed by atoms with Gasteiger partial charge in [-0.25, -0.2) is 4.99 Å². The lowest BCUT2D eigenvalue weighted by Crippen LogP contribution is -2.52. The van der Waals surface area contributed by atoms with Gasteiger partial charge < -0.3 is 20.1 Å². The van der Waals surface area contributed by atoms with E-state index in [0.717, 1.165) is 30.7 Å². The average molecular weight is 503 g/mol. The molecule has 0 aromatic carbocycles. The fraction of sp³-hybridized carbons (Fsp3) is 0.850. The van der Waals surface area contributed by atoms with E-state index in [1.807, 2.05) is 18.5 Å². The van der Waals surface area contributed by atoms with Gasteiger partial charge in [0.15, 0.2) is 11.8 Å². The standard InChI is InChI=1S/C20H37N7.HI/c1-15(2)27-12-10-18(11-13-27)23-20(22-17-8-6-5-7-9-17)21-14-19-25-24-16(3)26(19)4;/h15,17-18H,5-14H2,1-4H3,(H2,21,22,23);1H. The van der Waals surface area contributed by atoms with Crippen molar-refractivity contribution < 1.29 is 0 Å². The Hall–Kier alpha value is -0.900. The van der Waals surface area contributed by atoms with Crippen LogP contribution in [0.2, 0.25) is 0 Å². The molecule has 0 atom stereocenters. The highest BCUT2D eigenvalue weighted by molar-refractivity contribution is 14.0. The molecular weight excluding hydrogens is 465 g/mol. The molecular formula is C20H38IN7. The number of piperidine rings is 1. The molecule has 0 bridgehead atoms. The molecule has 8 heteroatoms. The van der Waals surface area contributed by atoms with Crippen LogP contribution in [0, 0.1) is 6.92 Å². The number of aryl methyl sites for hydroxylation is 1. The number of likely N-dealkylation sites (tertiary alicyclic amines) is 1. The van der Waals surface area contributed by atoms with Crippen LogP contribution < -0.4 is 10.6 Å². The number of aromatic nitrogens is 3.